The molecule has 1 aromatic heterocycles. The second-order valence-corrected chi connectivity index (χ2v) is 6.51. The smallest absolute Gasteiger partial charge is 0.308 e. The van der Waals surface area contributed by atoms with E-state index >= 15 is 0 Å². The predicted octanol–water partition coefficient (Wildman–Crippen LogP) is 4.72. The van der Waals surface area contributed by atoms with Gasteiger partial charge in [-0.2, -0.15) is 0 Å². The van der Waals surface area contributed by atoms with Crippen LogP contribution in [0.4, 0.5) is 15.2 Å². The van der Waals surface area contributed by atoms with Crippen molar-refractivity contribution in [3.63, 3.8) is 0 Å². The van der Waals surface area contributed by atoms with Gasteiger partial charge in [-0.15, -0.1) is 11.3 Å². The average molecular weight is 372 g/mol. The number of nitrogens with zero attached hydrogens (tertiary/aromatic N) is 1. The van der Waals surface area contributed by atoms with Crippen molar-refractivity contribution < 1.29 is 19.0 Å². The van der Waals surface area contributed by atoms with Crippen LogP contribution in [-0.4, -0.2) is 22.7 Å². The number of nitrogens with one attached hydrogen (secondary N) is 1. The summed E-state index contributed by atoms with van der Waals surface area (Å²) in [5.41, 5.74) is 1.64. The van der Waals surface area contributed by atoms with Gasteiger partial charge in [-0.1, -0.05) is 12.1 Å². The summed E-state index contributed by atoms with van der Waals surface area (Å²) in [5, 5.41) is 12.5. The van der Waals surface area contributed by atoms with E-state index in [0.29, 0.717) is 28.0 Å². The maximum atomic E-state index is 13.8. The lowest BCUT2D eigenvalue weighted by molar-refractivity contribution is -0.136. The highest BCUT2D eigenvalue weighted by atomic mass is 32.1. The summed E-state index contributed by atoms with van der Waals surface area (Å²) in [6, 6.07) is 13.6. The highest BCUT2D eigenvalue weighted by Gasteiger charge is 2.17. The number of halogens is 1. The maximum Gasteiger partial charge on any atom is 0.308 e. The van der Waals surface area contributed by atoms with Gasteiger partial charge < -0.3 is 15.2 Å². The summed E-state index contributed by atoms with van der Waals surface area (Å²) in [5.74, 6) is -0.612. The Kier molecular flexibility index (Phi) is 5.48. The molecule has 0 bridgehead atoms. The number of carboxylic acid groups (broad SMARTS) is 1. The van der Waals surface area contributed by atoms with E-state index in [4.69, 9.17) is 4.74 Å². The van der Waals surface area contributed by atoms with E-state index in [9.17, 15) is 14.3 Å². The predicted molar refractivity (Wildman–Crippen MR) is 99.7 cm³/mol. The Labute approximate surface area is 154 Å². The number of anilines is 2. The van der Waals surface area contributed by atoms with E-state index in [0.717, 1.165) is 11.3 Å². The van der Waals surface area contributed by atoms with E-state index in [1.165, 1.54) is 17.4 Å². The van der Waals surface area contributed by atoms with Gasteiger partial charge in [0.1, 0.15) is 11.6 Å². The van der Waals surface area contributed by atoms with Crippen molar-refractivity contribution in [3.05, 3.63) is 59.2 Å². The third-order valence-electron chi connectivity index (χ3n) is 3.56. The average Bonchev–Trinajstić information content (AvgIpc) is 2.99. The first-order valence-corrected chi connectivity index (χ1v) is 8.84. The van der Waals surface area contributed by atoms with Crippen LogP contribution in [0.3, 0.4) is 0 Å². The zero-order valence-electron chi connectivity index (χ0n) is 14.0. The SMILES string of the molecule is CCOc1ccc(-c2nc(Nc3ccccc3F)sc2CC(=O)O)cc1. The molecule has 0 unspecified atom stereocenters. The minimum Gasteiger partial charge on any atom is -0.494 e. The lowest BCUT2D eigenvalue weighted by Crippen LogP contribution is -1.99. The Bertz CT molecular complexity index is 909. The zero-order chi connectivity index (χ0) is 18.5. The molecule has 26 heavy (non-hydrogen) atoms. The van der Waals surface area contributed by atoms with Gasteiger partial charge >= 0.3 is 5.97 Å². The van der Waals surface area contributed by atoms with Crippen LogP contribution < -0.4 is 10.1 Å². The second-order valence-electron chi connectivity index (χ2n) is 5.42. The van der Waals surface area contributed by atoms with Gasteiger partial charge in [0.25, 0.3) is 0 Å². The van der Waals surface area contributed by atoms with Crippen LogP contribution in [-0.2, 0) is 11.2 Å². The number of rotatable bonds is 7. The number of aromatic nitrogens is 1. The minimum absolute atomic E-state index is 0.154. The van der Waals surface area contributed by atoms with Crippen LogP contribution in [0.5, 0.6) is 5.75 Å². The summed E-state index contributed by atoms with van der Waals surface area (Å²) in [6.07, 6.45) is -0.154. The van der Waals surface area contributed by atoms with E-state index in [1.54, 1.807) is 18.2 Å². The third-order valence-corrected chi connectivity index (χ3v) is 4.53. The van der Waals surface area contributed by atoms with Gasteiger partial charge in [0.2, 0.25) is 0 Å². The van der Waals surface area contributed by atoms with Crippen molar-refractivity contribution in [2.24, 2.45) is 0 Å². The van der Waals surface area contributed by atoms with E-state index in [1.807, 2.05) is 31.2 Å². The normalized spacial score (nSPS) is 10.5. The summed E-state index contributed by atoms with van der Waals surface area (Å²) < 4.78 is 19.3. The third kappa shape index (κ3) is 4.18. The van der Waals surface area contributed by atoms with Gasteiger partial charge in [-0.05, 0) is 43.3 Å². The van der Waals surface area contributed by atoms with Crippen molar-refractivity contribution >= 4 is 28.1 Å². The fourth-order valence-corrected chi connectivity index (χ4v) is 3.43. The lowest BCUT2D eigenvalue weighted by atomic mass is 10.1. The summed E-state index contributed by atoms with van der Waals surface area (Å²) in [7, 11) is 0. The molecule has 0 aliphatic rings. The number of hydrogen-bond acceptors (Lipinski definition) is 5. The van der Waals surface area contributed by atoms with Crippen molar-refractivity contribution in [3.8, 4) is 17.0 Å². The number of hydrogen-bond donors (Lipinski definition) is 2. The molecular formula is C19H17FN2O3S. The van der Waals surface area contributed by atoms with Crippen LogP contribution in [0.1, 0.15) is 11.8 Å². The Balaban J connectivity index is 1.94. The Morgan fingerprint density at radius 2 is 1.96 bits per heavy atom. The molecule has 0 saturated heterocycles. The largest absolute Gasteiger partial charge is 0.494 e. The van der Waals surface area contributed by atoms with Crippen LogP contribution in [0, 0.1) is 5.82 Å². The fraction of sp³-hybridized carbons (Fsp3) is 0.158. The first-order valence-electron chi connectivity index (χ1n) is 8.03. The van der Waals surface area contributed by atoms with Crippen LogP contribution in [0.2, 0.25) is 0 Å². The molecule has 7 heteroatoms. The quantitative estimate of drug-likeness (QED) is 0.628. The summed E-state index contributed by atoms with van der Waals surface area (Å²) in [4.78, 5) is 16.3. The minimum atomic E-state index is -0.946. The Hall–Kier alpha value is -2.93. The molecule has 3 aromatic rings. The highest BCUT2D eigenvalue weighted by Crippen LogP contribution is 2.34. The Morgan fingerprint density at radius 3 is 2.62 bits per heavy atom. The second kappa shape index (κ2) is 7.97. The maximum absolute atomic E-state index is 13.8. The first-order chi connectivity index (χ1) is 12.6. The number of carboxylic acids is 1. The molecule has 0 aliphatic carbocycles. The molecule has 2 N–H and O–H groups in total. The number of ether oxygens (including phenoxy) is 1. The molecular weight excluding hydrogens is 355 g/mol. The van der Waals surface area contributed by atoms with Gasteiger partial charge in [0.15, 0.2) is 5.13 Å². The van der Waals surface area contributed by atoms with Gasteiger partial charge in [-0.25, -0.2) is 9.37 Å². The van der Waals surface area contributed by atoms with Crippen LogP contribution >= 0.6 is 11.3 Å². The molecule has 134 valence electrons. The molecule has 0 atom stereocenters. The molecule has 3 rings (SSSR count). The first kappa shape index (κ1) is 17.9. The molecule has 2 aromatic carbocycles. The van der Waals surface area contributed by atoms with Gasteiger partial charge in [0.05, 0.1) is 24.4 Å². The number of para-hydroxylation sites is 1. The molecule has 0 amide bonds. The van der Waals surface area contributed by atoms with E-state index < -0.39 is 11.8 Å². The van der Waals surface area contributed by atoms with E-state index in [-0.39, 0.29) is 6.42 Å². The van der Waals surface area contributed by atoms with Crippen molar-refractivity contribution in [2.75, 3.05) is 11.9 Å². The highest BCUT2D eigenvalue weighted by molar-refractivity contribution is 7.16. The summed E-state index contributed by atoms with van der Waals surface area (Å²) >= 11 is 1.20. The number of benzene rings is 2. The van der Waals surface area contributed by atoms with Crippen molar-refractivity contribution in [1.29, 1.82) is 0 Å². The van der Waals surface area contributed by atoms with Gasteiger partial charge in [-0.3, -0.25) is 4.79 Å². The molecule has 1 heterocycles. The fourth-order valence-electron chi connectivity index (χ4n) is 2.44. The van der Waals surface area contributed by atoms with E-state index in [2.05, 4.69) is 10.3 Å². The number of aliphatic carboxylic acids is 1. The monoisotopic (exact) mass is 372 g/mol. The Morgan fingerprint density at radius 1 is 1.23 bits per heavy atom. The molecule has 0 spiro atoms. The number of thiazole rings is 1. The molecule has 5 nitrogen and oxygen atoms in total. The molecule has 0 fully saturated rings. The van der Waals surface area contributed by atoms with Crippen molar-refractivity contribution in [1.82, 2.24) is 4.98 Å². The van der Waals surface area contributed by atoms with Gasteiger partial charge in [0, 0.05) is 10.4 Å². The zero-order valence-corrected chi connectivity index (χ0v) is 14.8. The van der Waals surface area contributed by atoms with Crippen molar-refractivity contribution in [2.45, 2.75) is 13.3 Å². The topological polar surface area (TPSA) is 71.5 Å². The van der Waals surface area contributed by atoms with Crippen LogP contribution in [0.15, 0.2) is 48.5 Å². The molecule has 0 saturated carbocycles. The molecule has 0 aliphatic heterocycles. The standard InChI is InChI=1S/C19H17FN2O3S/c1-2-25-13-9-7-12(8-10-13)18-16(11-17(23)24)26-19(22-18)21-15-6-4-3-5-14(15)20/h3-10H,2,11H2,1H3,(H,21,22)(H,23,24). The number of carbonyl (C=O) groups is 1. The van der Waals surface area contributed by atoms with Crippen LogP contribution in [0.25, 0.3) is 11.3 Å². The summed E-state index contributed by atoms with van der Waals surface area (Å²) in [6.45, 7) is 2.47. The lowest BCUT2D eigenvalue weighted by Gasteiger charge is -2.05. The molecule has 0 radical (unpaired) electrons.